The largest absolute Gasteiger partial charge is 0.350 e. The highest BCUT2D eigenvalue weighted by Gasteiger charge is 2.15. The van der Waals surface area contributed by atoms with Crippen molar-refractivity contribution in [3.8, 4) is 0 Å². The van der Waals surface area contributed by atoms with Crippen LogP contribution in [0.1, 0.15) is 30.3 Å². The molecule has 24 heavy (non-hydrogen) atoms. The van der Waals surface area contributed by atoms with E-state index in [4.69, 9.17) is 4.52 Å². The van der Waals surface area contributed by atoms with Crippen molar-refractivity contribution in [2.75, 3.05) is 20.1 Å². The van der Waals surface area contributed by atoms with Gasteiger partial charge in [0.2, 0.25) is 11.8 Å². The lowest BCUT2D eigenvalue weighted by Crippen LogP contribution is -2.24. The average molecular weight is 327 g/mol. The van der Waals surface area contributed by atoms with Crippen LogP contribution < -0.4 is 5.32 Å². The van der Waals surface area contributed by atoms with Crippen molar-refractivity contribution in [3.05, 3.63) is 47.9 Å². The van der Waals surface area contributed by atoms with Gasteiger partial charge in [-0.05, 0) is 31.2 Å². The molecule has 7 nitrogen and oxygen atoms in total. The van der Waals surface area contributed by atoms with Gasteiger partial charge in [-0.15, -0.1) is 0 Å². The van der Waals surface area contributed by atoms with E-state index in [1.165, 1.54) is 0 Å². The quantitative estimate of drug-likeness (QED) is 0.864. The first kappa shape index (κ1) is 16.3. The smallest absolute Gasteiger partial charge is 0.227 e. The van der Waals surface area contributed by atoms with Gasteiger partial charge in [0, 0.05) is 32.1 Å². The molecule has 7 heteroatoms. The fraction of sp³-hybridized carbons (Fsp3) is 0.412. The number of amides is 1. The maximum atomic E-state index is 11.9. The Balaban J connectivity index is 1.46. The van der Waals surface area contributed by atoms with E-state index in [0.29, 0.717) is 31.1 Å². The Morgan fingerprint density at radius 2 is 2.33 bits per heavy atom. The number of hydrogen-bond donors (Lipinski definition) is 1. The van der Waals surface area contributed by atoms with Gasteiger partial charge in [-0.2, -0.15) is 4.98 Å². The van der Waals surface area contributed by atoms with Crippen LogP contribution in [0.4, 0.5) is 0 Å². The first-order chi connectivity index (χ1) is 11.7. The highest BCUT2D eigenvalue weighted by atomic mass is 16.5. The lowest BCUT2D eigenvalue weighted by Gasteiger charge is -2.19. The van der Waals surface area contributed by atoms with E-state index in [1.807, 2.05) is 18.2 Å². The maximum absolute atomic E-state index is 11.9. The summed E-state index contributed by atoms with van der Waals surface area (Å²) in [5.41, 5.74) is 1.95. The average Bonchev–Trinajstić information content (AvgIpc) is 3.09. The van der Waals surface area contributed by atoms with E-state index < -0.39 is 0 Å². The molecule has 3 rings (SSSR count). The number of aryl methyl sites for hydroxylation is 1. The minimum absolute atomic E-state index is 0.0566. The van der Waals surface area contributed by atoms with Gasteiger partial charge in [0.05, 0.1) is 12.2 Å². The summed E-state index contributed by atoms with van der Waals surface area (Å²) in [4.78, 5) is 22.7. The molecular formula is C17H21N5O2. The monoisotopic (exact) mass is 327 g/mol. The molecular weight excluding hydrogens is 306 g/mol. The zero-order valence-electron chi connectivity index (χ0n) is 13.7. The van der Waals surface area contributed by atoms with Gasteiger partial charge in [-0.1, -0.05) is 17.3 Å². The summed E-state index contributed by atoms with van der Waals surface area (Å²) in [6, 6.07) is 5.62. The van der Waals surface area contributed by atoms with Gasteiger partial charge in [0.25, 0.3) is 0 Å². The zero-order valence-corrected chi connectivity index (χ0v) is 13.7. The highest BCUT2D eigenvalue weighted by Crippen LogP contribution is 2.19. The molecule has 0 aromatic carbocycles. The summed E-state index contributed by atoms with van der Waals surface area (Å²) in [6.45, 7) is 2.32. The van der Waals surface area contributed by atoms with Gasteiger partial charge in [-0.3, -0.25) is 9.78 Å². The number of rotatable bonds is 6. The minimum Gasteiger partial charge on any atom is -0.350 e. The minimum atomic E-state index is -0.0566. The Morgan fingerprint density at radius 1 is 1.42 bits per heavy atom. The standard InChI is InChI=1S/C17H21N5O2/c1-22-10-7-13(8-11-22)17-20-16(24-21-17)6-5-15(23)19-12-14-4-2-3-9-18-14/h2-4,7,9H,5-6,8,10-12H2,1H3,(H,19,23). The van der Waals surface area contributed by atoms with Crippen LogP contribution in [0, 0.1) is 0 Å². The molecule has 0 atom stereocenters. The van der Waals surface area contributed by atoms with E-state index in [1.54, 1.807) is 6.20 Å². The Morgan fingerprint density at radius 3 is 3.08 bits per heavy atom. The highest BCUT2D eigenvalue weighted by molar-refractivity contribution is 5.75. The molecule has 0 saturated carbocycles. The van der Waals surface area contributed by atoms with Gasteiger partial charge in [0.15, 0.2) is 5.82 Å². The molecule has 0 spiro atoms. The second-order valence-electron chi connectivity index (χ2n) is 5.85. The Kier molecular flexibility index (Phi) is 5.32. The second kappa shape index (κ2) is 7.83. The van der Waals surface area contributed by atoms with E-state index in [-0.39, 0.29) is 5.91 Å². The van der Waals surface area contributed by atoms with Crippen LogP contribution in [-0.4, -0.2) is 46.1 Å². The second-order valence-corrected chi connectivity index (χ2v) is 5.85. The normalized spacial score (nSPS) is 15.1. The predicted molar refractivity (Wildman–Crippen MR) is 88.8 cm³/mol. The first-order valence-corrected chi connectivity index (χ1v) is 8.08. The molecule has 3 heterocycles. The molecule has 0 radical (unpaired) electrons. The fourth-order valence-electron chi connectivity index (χ4n) is 2.46. The molecule has 1 aliphatic rings. The topological polar surface area (TPSA) is 84.2 Å². The van der Waals surface area contributed by atoms with Crippen molar-refractivity contribution >= 4 is 11.5 Å². The fourth-order valence-corrected chi connectivity index (χ4v) is 2.46. The number of nitrogens with zero attached hydrogens (tertiary/aromatic N) is 4. The Labute approximate surface area is 140 Å². The third-order valence-electron chi connectivity index (χ3n) is 3.93. The van der Waals surface area contributed by atoms with Gasteiger partial charge < -0.3 is 14.7 Å². The molecule has 0 bridgehead atoms. The van der Waals surface area contributed by atoms with Crippen molar-refractivity contribution in [2.45, 2.75) is 25.8 Å². The Bertz CT molecular complexity index is 711. The Hall–Kier alpha value is -2.54. The molecule has 0 fully saturated rings. The number of pyridine rings is 1. The predicted octanol–water partition coefficient (Wildman–Crippen LogP) is 1.43. The molecule has 1 N–H and O–H groups in total. The number of carbonyl (C=O) groups is 1. The molecule has 2 aromatic heterocycles. The van der Waals surface area contributed by atoms with Crippen molar-refractivity contribution in [2.24, 2.45) is 0 Å². The summed E-state index contributed by atoms with van der Waals surface area (Å²) < 4.78 is 5.25. The molecule has 0 aliphatic carbocycles. The first-order valence-electron chi connectivity index (χ1n) is 8.08. The van der Waals surface area contributed by atoms with Gasteiger partial charge >= 0.3 is 0 Å². The van der Waals surface area contributed by atoms with E-state index >= 15 is 0 Å². The molecule has 126 valence electrons. The van der Waals surface area contributed by atoms with Crippen LogP contribution in [-0.2, 0) is 17.8 Å². The van der Waals surface area contributed by atoms with E-state index in [0.717, 1.165) is 30.8 Å². The van der Waals surface area contributed by atoms with Crippen LogP contribution in [0.15, 0.2) is 35.0 Å². The van der Waals surface area contributed by atoms with E-state index in [9.17, 15) is 4.79 Å². The lowest BCUT2D eigenvalue weighted by atomic mass is 10.1. The van der Waals surface area contributed by atoms with Crippen LogP contribution in [0.2, 0.25) is 0 Å². The molecule has 1 aliphatic heterocycles. The number of nitrogens with one attached hydrogen (secondary N) is 1. The van der Waals surface area contributed by atoms with Crippen LogP contribution >= 0.6 is 0 Å². The van der Waals surface area contributed by atoms with Crippen molar-refractivity contribution < 1.29 is 9.32 Å². The van der Waals surface area contributed by atoms with E-state index in [2.05, 4.69) is 38.5 Å². The summed E-state index contributed by atoms with van der Waals surface area (Å²) in [6.07, 6.45) is 5.50. The van der Waals surface area contributed by atoms with Crippen LogP contribution in [0.3, 0.4) is 0 Å². The van der Waals surface area contributed by atoms with Crippen molar-refractivity contribution in [1.82, 2.24) is 25.3 Å². The third-order valence-corrected chi connectivity index (χ3v) is 3.93. The summed E-state index contributed by atoms with van der Waals surface area (Å²) >= 11 is 0. The number of carbonyl (C=O) groups excluding carboxylic acids is 1. The van der Waals surface area contributed by atoms with Crippen molar-refractivity contribution in [3.63, 3.8) is 0 Å². The summed E-state index contributed by atoms with van der Waals surface area (Å²) in [5.74, 6) is 1.09. The molecule has 1 amide bonds. The molecule has 0 unspecified atom stereocenters. The SMILES string of the molecule is CN1CC=C(c2noc(CCC(=O)NCc3ccccn3)n2)CC1. The third kappa shape index (κ3) is 4.48. The van der Waals surface area contributed by atoms with Crippen molar-refractivity contribution in [1.29, 1.82) is 0 Å². The van der Waals surface area contributed by atoms with Crippen LogP contribution in [0.25, 0.3) is 5.57 Å². The summed E-state index contributed by atoms with van der Waals surface area (Å²) in [5, 5.41) is 6.86. The van der Waals surface area contributed by atoms with Crippen LogP contribution in [0.5, 0.6) is 0 Å². The summed E-state index contributed by atoms with van der Waals surface area (Å²) in [7, 11) is 2.08. The zero-order chi connectivity index (χ0) is 16.8. The number of hydrogen-bond acceptors (Lipinski definition) is 6. The lowest BCUT2D eigenvalue weighted by molar-refractivity contribution is -0.121. The van der Waals surface area contributed by atoms with Gasteiger partial charge in [0.1, 0.15) is 0 Å². The molecule has 0 saturated heterocycles. The number of likely N-dealkylation sites (N-methyl/N-ethyl adjacent to an activating group) is 1. The van der Waals surface area contributed by atoms with Gasteiger partial charge in [-0.25, -0.2) is 0 Å². The molecule has 2 aromatic rings. The maximum Gasteiger partial charge on any atom is 0.227 e. The number of aromatic nitrogens is 3.